The van der Waals surface area contributed by atoms with Crippen molar-refractivity contribution in [2.75, 3.05) is 0 Å². The van der Waals surface area contributed by atoms with Crippen molar-refractivity contribution in [1.29, 1.82) is 0 Å². The second-order valence-corrected chi connectivity index (χ2v) is 2.94. The third kappa shape index (κ3) is 3.04. The van der Waals surface area contributed by atoms with Gasteiger partial charge in [-0.05, 0) is 12.1 Å². The molecule has 2 unspecified atom stereocenters. The molecule has 1 aromatic rings. The molecule has 1 aromatic carbocycles. The second-order valence-electron chi connectivity index (χ2n) is 2.94. The summed E-state index contributed by atoms with van der Waals surface area (Å²) in [4.78, 5) is 21.6. The molecule has 0 aromatic heterocycles. The normalized spacial score (nSPS) is 13.9. The third-order valence-corrected chi connectivity index (χ3v) is 1.76. The van der Waals surface area contributed by atoms with E-state index < -0.39 is 24.3 Å². The molecule has 0 heterocycles. The van der Waals surface area contributed by atoms with Gasteiger partial charge in [-0.15, -0.1) is 0 Å². The number of ether oxygens (including phenoxy) is 1. The first-order valence-corrected chi connectivity index (χ1v) is 4.37. The van der Waals surface area contributed by atoms with E-state index in [1.165, 1.54) is 12.1 Å². The molecule has 1 rings (SSSR count). The van der Waals surface area contributed by atoms with Gasteiger partial charge < -0.3 is 20.1 Å². The molecule has 0 fully saturated rings. The first kappa shape index (κ1) is 12.2. The number of hydrogen-bond acceptors (Lipinski definition) is 5. The van der Waals surface area contributed by atoms with Crippen molar-refractivity contribution in [3.8, 4) is 0 Å². The molecule has 0 aliphatic carbocycles. The number of aliphatic hydroxyl groups is 2. The number of carbonyl (C=O) groups excluding carboxylic acids is 1. The van der Waals surface area contributed by atoms with E-state index in [1.807, 2.05) is 0 Å². The van der Waals surface area contributed by atoms with Crippen molar-refractivity contribution in [3.63, 3.8) is 0 Å². The predicted molar refractivity (Wildman–Crippen MR) is 51.5 cm³/mol. The summed E-state index contributed by atoms with van der Waals surface area (Å²) in [6.45, 7) is 0. The number of esters is 1. The van der Waals surface area contributed by atoms with Gasteiger partial charge in [0.15, 0.2) is 0 Å². The molecule has 16 heavy (non-hydrogen) atoms. The van der Waals surface area contributed by atoms with Crippen LogP contribution in [0.3, 0.4) is 0 Å². The molecule has 0 aliphatic heterocycles. The Morgan fingerprint density at radius 2 is 1.69 bits per heavy atom. The third-order valence-electron chi connectivity index (χ3n) is 1.76. The molecule has 0 radical (unpaired) electrons. The van der Waals surface area contributed by atoms with Crippen molar-refractivity contribution >= 4 is 11.9 Å². The quantitative estimate of drug-likeness (QED) is 0.477. The molecule has 3 N–H and O–H groups in total. The van der Waals surface area contributed by atoms with E-state index in [2.05, 4.69) is 4.74 Å². The van der Waals surface area contributed by atoms with Crippen molar-refractivity contribution in [2.24, 2.45) is 0 Å². The van der Waals surface area contributed by atoms with Crippen molar-refractivity contribution in [1.82, 2.24) is 0 Å². The van der Waals surface area contributed by atoms with Gasteiger partial charge in [0.2, 0.25) is 12.4 Å². The number of rotatable bonds is 4. The molecule has 6 heteroatoms. The minimum Gasteiger partial charge on any atom is -0.479 e. The van der Waals surface area contributed by atoms with Gasteiger partial charge in [0.05, 0.1) is 5.56 Å². The number of aliphatic hydroxyl groups excluding tert-OH is 2. The molecule has 0 amide bonds. The largest absolute Gasteiger partial charge is 0.479 e. The number of carboxylic acids is 1. The maximum atomic E-state index is 11.3. The van der Waals surface area contributed by atoms with E-state index in [0.29, 0.717) is 0 Å². The van der Waals surface area contributed by atoms with Crippen molar-refractivity contribution < 1.29 is 29.6 Å². The van der Waals surface area contributed by atoms with Gasteiger partial charge >= 0.3 is 11.9 Å². The predicted octanol–water partition coefficient (Wildman–Crippen LogP) is -0.393. The maximum absolute atomic E-state index is 11.3. The van der Waals surface area contributed by atoms with Crippen molar-refractivity contribution in [3.05, 3.63) is 35.9 Å². The summed E-state index contributed by atoms with van der Waals surface area (Å²) in [5.74, 6) is -2.58. The average molecular weight is 226 g/mol. The van der Waals surface area contributed by atoms with Crippen LogP contribution in [0.4, 0.5) is 0 Å². The zero-order valence-corrected chi connectivity index (χ0v) is 8.11. The Balaban J connectivity index is 2.62. The van der Waals surface area contributed by atoms with E-state index in [0.717, 1.165) is 0 Å². The van der Waals surface area contributed by atoms with Crippen LogP contribution in [0, 0.1) is 0 Å². The molecule has 0 saturated heterocycles. The molecule has 86 valence electrons. The number of benzene rings is 1. The van der Waals surface area contributed by atoms with Gasteiger partial charge in [0, 0.05) is 0 Å². The first-order chi connectivity index (χ1) is 7.52. The lowest BCUT2D eigenvalue weighted by molar-refractivity contribution is -0.172. The molecule has 0 aliphatic rings. The fourth-order valence-electron chi connectivity index (χ4n) is 0.938. The highest BCUT2D eigenvalue weighted by Gasteiger charge is 2.27. The second kappa shape index (κ2) is 5.24. The zero-order chi connectivity index (χ0) is 12.1. The standard InChI is InChI=1S/C10H10O6/c11-7(8(12)13)10(15)16-9(14)6-4-2-1-3-5-6/h1-5,7,10-11,15H,(H,12,13). The summed E-state index contributed by atoms with van der Waals surface area (Å²) >= 11 is 0. The lowest BCUT2D eigenvalue weighted by atomic mass is 10.2. The summed E-state index contributed by atoms with van der Waals surface area (Å²) in [5, 5.41) is 26.2. The Morgan fingerprint density at radius 1 is 1.12 bits per heavy atom. The molecular formula is C10H10O6. The highest BCUT2D eigenvalue weighted by atomic mass is 16.6. The Labute approximate surface area is 90.7 Å². The number of carboxylic acid groups (broad SMARTS) is 1. The molecule has 2 atom stereocenters. The zero-order valence-electron chi connectivity index (χ0n) is 8.11. The highest BCUT2D eigenvalue weighted by molar-refractivity contribution is 5.89. The molecule has 0 spiro atoms. The minimum absolute atomic E-state index is 0.152. The summed E-state index contributed by atoms with van der Waals surface area (Å²) in [5.41, 5.74) is 0.152. The van der Waals surface area contributed by atoms with Gasteiger partial charge in [-0.1, -0.05) is 18.2 Å². The van der Waals surface area contributed by atoms with E-state index >= 15 is 0 Å². The van der Waals surface area contributed by atoms with Crippen molar-refractivity contribution in [2.45, 2.75) is 12.4 Å². The summed E-state index contributed by atoms with van der Waals surface area (Å²) in [6, 6.07) is 7.71. The van der Waals surface area contributed by atoms with Crippen LogP contribution in [-0.2, 0) is 9.53 Å². The van der Waals surface area contributed by atoms with Gasteiger partial charge in [-0.3, -0.25) is 0 Å². The van der Waals surface area contributed by atoms with Crippen LogP contribution in [0.25, 0.3) is 0 Å². The number of hydrogen-bond donors (Lipinski definition) is 3. The Morgan fingerprint density at radius 3 is 2.19 bits per heavy atom. The Hall–Kier alpha value is -1.92. The smallest absolute Gasteiger partial charge is 0.340 e. The SMILES string of the molecule is O=C(OC(O)C(O)C(=O)O)c1ccccc1. The molecular weight excluding hydrogens is 216 g/mol. The van der Waals surface area contributed by atoms with Crippen LogP contribution in [0.5, 0.6) is 0 Å². The summed E-state index contributed by atoms with van der Waals surface area (Å²) in [7, 11) is 0. The lowest BCUT2D eigenvalue weighted by Gasteiger charge is -2.14. The molecule has 0 bridgehead atoms. The fourth-order valence-corrected chi connectivity index (χ4v) is 0.938. The Kier molecular flexibility index (Phi) is 3.98. The van der Waals surface area contributed by atoms with E-state index in [-0.39, 0.29) is 5.56 Å². The first-order valence-electron chi connectivity index (χ1n) is 4.37. The average Bonchev–Trinajstić information content (AvgIpc) is 2.28. The number of aliphatic carboxylic acids is 1. The van der Waals surface area contributed by atoms with Gasteiger partial charge in [0.1, 0.15) is 0 Å². The van der Waals surface area contributed by atoms with E-state index in [9.17, 15) is 9.59 Å². The van der Waals surface area contributed by atoms with Crippen LogP contribution >= 0.6 is 0 Å². The molecule has 0 saturated carbocycles. The Bertz CT molecular complexity index is 374. The monoisotopic (exact) mass is 226 g/mol. The maximum Gasteiger partial charge on any atom is 0.340 e. The van der Waals surface area contributed by atoms with Crippen LogP contribution in [0.15, 0.2) is 30.3 Å². The minimum atomic E-state index is -2.16. The van der Waals surface area contributed by atoms with Crippen LogP contribution in [-0.4, -0.2) is 39.7 Å². The van der Waals surface area contributed by atoms with Gasteiger partial charge in [-0.25, -0.2) is 9.59 Å². The van der Waals surface area contributed by atoms with E-state index in [4.69, 9.17) is 15.3 Å². The topological polar surface area (TPSA) is 104 Å². The van der Waals surface area contributed by atoms with Gasteiger partial charge in [-0.2, -0.15) is 0 Å². The fraction of sp³-hybridized carbons (Fsp3) is 0.200. The summed E-state index contributed by atoms with van der Waals surface area (Å²) < 4.78 is 4.35. The van der Waals surface area contributed by atoms with E-state index in [1.54, 1.807) is 18.2 Å². The number of carbonyl (C=O) groups is 2. The molecule has 6 nitrogen and oxygen atoms in total. The van der Waals surface area contributed by atoms with Crippen LogP contribution in [0.1, 0.15) is 10.4 Å². The lowest BCUT2D eigenvalue weighted by Crippen LogP contribution is -2.37. The van der Waals surface area contributed by atoms with Crippen LogP contribution in [0.2, 0.25) is 0 Å². The summed E-state index contributed by atoms with van der Waals surface area (Å²) in [6.07, 6.45) is -4.25. The highest BCUT2D eigenvalue weighted by Crippen LogP contribution is 2.05. The van der Waals surface area contributed by atoms with Crippen LogP contribution < -0.4 is 0 Å². The van der Waals surface area contributed by atoms with Gasteiger partial charge in [0.25, 0.3) is 0 Å².